The Hall–Kier alpha value is -2.65. The second-order valence-electron chi connectivity index (χ2n) is 8.51. The van der Waals surface area contributed by atoms with E-state index in [0.29, 0.717) is 25.2 Å². The summed E-state index contributed by atoms with van der Waals surface area (Å²) in [6, 6.07) is 14.0. The molecule has 2 aromatic heterocycles. The first-order chi connectivity index (χ1) is 15.4. The molecular formula is C23H26N4O3S2. The number of carbonyl (C=O) groups is 1. The lowest BCUT2D eigenvalue weighted by Crippen LogP contribution is -2.49. The quantitative estimate of drug-likeness (QED) is 0.585. The molecule has 1 aromatic carbocycles. The zero-order valence-electron chi connectivity index (χ0n) is 18.0. The smallest absolute Gasteiger partial charge is 0.274 e. The summed E-state index contributed by atoms with van der Waals surface area (Å²) in [5.41, 5.74) is 3.62. The van der Waals surface area contributed by atoms with Crippen molar-refractivity contribution in [3.8, 4) is 10.6 Å². The van der Waals surface area contributed by atoms with Crippen LogP contribution in [0.5, 0.6) is 0 Å². The summed E-state index contributed by atoms with van der Waals surface area (Å²) >= 11 is 1.57. The summed E-state index contributed by atoms with van der Waals surface area (Å²) < 4.78 is 25.9. The Morgan fingerprint density at radius 2 is 1.91 bits per heavy atom. The first kappa shape index (κ1) is 21.2. The molecule has 0 unspecified atom stereocenters. The van der Waals surface area contributed by atoms with Gasteiger partial charge in [0.05, 0.1) is 28.1 Å². The van der Waals surface area contributed by atoms with Crippen LogP contribution >= 0.6 is 11.3 Å². The molecule has 0 bridgehead atoms. The van der Waals surface area contributed by atoms with Crippen molar-refractivity contribution in [3.05, 3.63) is 59.1 Å². The molecule has 4 heterocycles. The number of rotatable bonds is 4. The Bertz CT molecular complexity index is 1230. The number of piperazine rings is 1. The van der Waals surface area contributed by atoms with E-state index in [-0.39, 0.29) is 23.5 Å². The van der Waals surface area contributed by atoms with Crippen LogP contribution in [0.25, 0.3) is 10.6 Å². The third kappa shape index (κ3) is 4.19. The number of aryl methyl sites for hydroxylation is 1. The molecule has 2 aliphatic heterocycles. The average molecular weight is 471 g/mol. The van der Waals surface area contributed by atoms with Crippen LogP contribution in [0.3, 0.4) is 0 Å². The zero-order chi connectivity index (χ0) is 22.3. The predicted molar refractivity (Wildman–Crippen MR) is 127 cm³/mol. The van der Waals surface area contributed by atoms with Gasteiger partial charge < -0.3 is 9.80 Å². The van der Waals surface area contributed by atoms with Crippen LogP contribution in [0.15, 0.2) is 47.8 Å². The fourth-order valence-electron chi connectivity index (χ4n) is 4.51. The van der Waals surface area contributed by atoms with E-state index < -0.39 is 9.84 Å². The number of aromatic nitrogens is 2. The summed E-state index contributed by atoms with van der Waals surface area (Å²) in [5, 5.41) is 6.61. The Morgan fingerprint density at radius 3 is 2.56 bits per heavy atom. The minimum absolute atomic E-state index is 0.0792. The highest BCUT2D eigenvalue weighted by atomic mass is 32.2. The summed E-state index contributed by atoms with van der Waals surface area (Å²) in [4.78, 5) is 18.4. The molecule has 0 radical (unpaired) electrons. The van der Waals surface area contributed by atoms with Crippen molar-refractivity contribution in [1.82, 2.24) is 14.7 Å². The van der Waals surface area contributed by atoms with E-state index in [4.69, 9.17) is 0 Å². The topological polar surface area (TPSA) is 75.5 Å². The number of nitrogens with zero attached hydrogens (tertiary/aromatic N) is 4. The maximum atomic E-state index is 13.3. The summed E-state index contributed by atoms with van der Waals surface area (Å²) in [6.07, 6.45) is 0.533. The Morgan fingerprint density at radius 1 is 1.09 bits per heavy atom. The van der Waals surface area contributed by atoms with Gasteiger partial charge in [-0.05, 0) is 48.6 Å². The fraction of sp³-hybridized carbons (Fsp3) is 0.391. The number of hydrogen-bond acceptors (Lipinski definition) is 6. The van der Waals surface area contributed by atoms with Crippen molar-refractivity contribution in [2.75, 3.05) is 42.6 Å². The van der Waals surface area contributed by atoms with Crippen LogP contribution in [0.2, 0.25) is 0 Å². The van der Waals surface area contributed by atoms with Crippen LogP contribution in [0.4, 0.5) is 5.69 Å². The molecule has 2 fully saturated rings. The lowest BCUT2D eigenvalue weighted by atomic mass is 10.2. The molecule has 0 N–H and O–H groups in total. The van der Waals surface area contributed by atoms with E-state index >= 15 is 0 Å². The SMILES string of the molecule is Cc1cccc(N2CCN(C(=O)c3cc(-c4cccs4)n([C@H]4CCS(=O)(=O)C4)n3)CC2)c1. The predicted octanol–water partition coefficient (Wildman–Crippen LogP) is 3.24. The van der Waals surface area contributed by atoms with Crippen molar-refractivity contribution >= 4 is 32.8 Å². The fourth-order valence-corrected chi connectivity index (χ4v) is 6.93. The van der Waals surface area contributed by atoms with E-state index in [1.54, 1.807) is 16.0 Å². The van der Waals surface area contributed by atoms with Gasteiger partial charge in [0.2, 0.25) is 0 Å². The second-order valence-corrected chi connectivity index (χ2v) is 11.7. The molecule has 2 saturated heterocycles. The molecular weight excluding hydrogens is 444 g/mol. The largest absolute Gasteiger partial charge is 0.368 e. The van der Waals surface area contributed by atoms with Gasteiger partial charge in [-0.15, -0.1) is 11.3 Å². The van der Waals surface area contributed by atoms with E-state index in [1.807, 2.05) is 28.5 Å². The minimum Gasteiger partial charge on any atom is -0.368 e. The standard InChI is InChI=1S/C23H26N4O3S2/c1-17-4-2-5-18(14-17)25-8-10-26(11-9-25)23(28)20-15-21(22-6-3-12-31-22)27(24-20)19-7-13-32(29,30)16-19/h2-6,12,14-15,19H,7-11,13,16H2,1H3/t19-/m0/s1. The first-order valence-corrected chi connectivity index (χ1v) is 13.5. The van der Waals surface area contributed by atoms with Gasteiger partial charge in [-0.25, -0.2) is 8.42 Å². The van der Waals surface area contributed by atoms with Gasteiger partial charge in [0.25, 0.3) is 5.91 Å². The Balaban J connectivity index is 1.36. The number of carbonyl (C=O) groups excluding carboxylic acids is 1. The average Bonchev–Trinajstić information content (AvgIpc) is 3.52. The van der Waals surface area contributed by atoms with Gasteiger partial charge in [0.1, 0.15) is 0 Å². The van der Waals surface area contributed by atoms with Gasteiger partial charge in [-0.2, -0.15) is 5.10 Å². The highest BCUT2D eigenvalue weighted by Crippen LogP contribution is 2.32. The van der Waals surface area contributed by atoms with Crippen molar-refractivity contribution in [3.63, 3.8) is 0 Å². The maximum Gasteiger partial charge on any atom is 0.274 e. The van der Waals surface area contributed by atoms with Gasteiger partial charge in [0, 0.05) is 31.9 Å². The van der Waals surface area contributed by atoms with Crippen LogP contribution in [-0.2, 0) is 9.84 Å². The molecule has 1 atom stereocenters. The van der Waals surface area contributed by atoms with E-state index in [2.05, 4.69) is 41.2 Å². The summed E-state index contributed by atoms with van der Waals surface area (Å²) in [6.45, 7) is 4.89. The van der Waals surface area contributed by atoms with E-state index in [0.717, 1.165) is 23.7 Å². The van der Waals surface area contributed by atoms with Crippen LogP contribution in [-0.4, -0.2) is 66.7 Å². The van der Waals surface area contributed by atoms with Gasteiger partial charge in [-0.3, -0.25) is 9.48 Å². The highest BCUT2D eigenvalue weighted by molar-refractivity contribution is 7.91. The number of anilines is 1. The monoisotopic (exact) mass is 470 g/mol. The first-order valence-electron chi connectivity index (χ1n) is 10.8. The molecule has 7 nitrogen and oxygen atoms in total. The lowest BCUT2D eigenvalue weighted by molar-refractivity contribution is 0.0739. The van der Waals surface area contributed by atoms with Crippen molar-refractivity contribution in [2.45, 2.75) is 19.4 Å². The van der Waals surface area contributed by atoms with Crippen molar-refractivity contribution in [2.24, 2.45) is 0 Å². The van der Waals surface area contributed by atoms with Crippen LogP contribution in [0.1, 0.15) is 28.5 Å². The molecule has 5 rings (SSSR count). The number of benzene rings is 1. The Labute approximate surface area is 192 Å². The molecule has 3 aromatic rings. The molecule has 1 amide bonds. The minimum atomic E-state index is -3.05. The molecule has 0 aliphatic carbocycles. The number of amides is 1. The van der Waals surface area contributed by atoms with E-state index in [9.17, 15) is 13.2 Å². The van der Waals surface area contributed by atoms with E-state index in [1.165, 1.54) is 11.3 Å². The van der Waals surface area contributed by atoms with Crippen LogP contribution < -0.4 is 4.90 Å². The molecule has 168 valence electrons. The van der Waals surface area contributed by atoms with Gasteiger partial charge in [0.15, 0.2) is 15.5 Å². The second kappa shape index (κ2) is 8.37. The van der Waals surface area contributed by atoms with Crippen molar-refractivity contribution in [1.29, 1.82) is 0 Å². The summed E-state index contributed by atoms with van der Waals surface area (Å²) in [5.74, 6) is 0.160. The third-order valence-corrected chi connectivity index (χ3v) is 8.86. The van der Waals surface area contributed by atoms with Gasteiger partial charge >= 0.3 is 0 Å². The maximum absolute atomic E-state index is 13.3. The third-order valence-electron chi connectivity index (χ3n) is 6.22. The molecule has 9 heteroatoms. The number of sulfone groups is 1. The Kier molecular flexibility index (Phi) is 5.54. The lowest BCUT2D eigenvalue weighted by Gasteiger charge is -2.36. The highest BCUT2D eigenvalue weighted by Gasteiger charge is 2.33. The van der Waals surface area contributed by atoms with Crippen molar-refractivity contribution < 1.29 is 13.2 Å². The molecule has 0 spiro atoms. The molecule has 0 saturated carbocycles. The number of hydrogen-bond donors (Lipinski definition) is 0. The van der Waals surface area contributed by atoms with Gasteiger partial charge in [-0.1, -0.05) is 18.2 Å². The summed E-state index contributed by atoms with van der Waals surface area (Å²) in [7, 11) is -3.05. The molecule has 32 heavy (non-hydrogen) atoms. The number of thiophene rings is 1. The van der Waals surface area contributed by atoms with Crippen LogP contribution in [0, 0.1) is 6.92 Å². The normalized spacial score (nSPS) is 20.6. The molecule has 2 aliphatic rings. The zero-order valence-corrected chi connectivity index (χ0v) is 19.6.